The summed E-state index contributed by atoms with van der Waals surface area (Å²) in [5.74, 6) is -1.20. The summed E-state index contributed by atoms with van der Waals surface area (Å²) in [6, 6.07) is 8.79. The van der Waals surface area contributed by atoms with E-state index < -0.39 is 11.2 Å². The molecule has 0 aliphatic rings. The fourth-order valence-corrected chi connectivity index (χ4v) is 1.49. The second-order valence-electron chi connectivity index (χ2n) is 3.38. The van der Waals surface area contributed by atoms with E-state index in [1.165, 1.54) is 4.90 Å². The van der Waals surface area contributed by atoms with E-state index in [-0.39, 0.29) is 5.91 Å². The number of likely N-dealkylation sites (N-methyl/N-ethyl adjacent to an activating group) is 1. The molecule has 0 aromatic heterocycles. The van der Waals surface area contributed by atoms with Gasteiger partial charge in [-0.05, 0) is 17.2 Å². The summed E-state index contributed by atoms with van der Waals surface area (Å²) < 4.78 is 0. The van der Waals surface area contributed by atoms with Crippen LogP contribution < -0.4 is 0 Å². The van der Waals surface area contributed by atoms with Crippen molar-refractivity contribution in [1.82, 2.24) is 4.90 Å². The second-order valence-corrected chi connectivity index (χ2v) is 3.75. The van der Waals surface area contributed by atoms with Gasteiger partial charge in [0.2, 0.25) is 11.1 Å². The van der Waals surface area contributed by atoms with Gasteiger partial charge in [0.15, 0.2) is 0 Å². The highest BCUT2D eigenvalue weighted by atomic mass is 35.5. The van der Waals surface area contributed by atoms with Crippen LogP contribution in [0, 0.1) is 0 Å². The Morgan fingerprint density at radius 1 is 1.20 bits per heavy atom. The number of nitrogens with zero attached hydrogens (tertiary/aromatic N) is 1. The van der Waals surface area contributed by atoms with Crippen LogP contribution in [0.4, 0.5) is 0 Å². The molecule has 1 unspecified atom stereocenters. The number of halogens is 1. The fraction of sp³-hybridized carbons (Fsp3) is 0.273. The first-order valence-corrected chi connectivity index (χ1v) is 4.87. The molecule has 0 aliphatic heterocycles. The van der Waals surface area contributed by atoms with Crippen LogP contribution in [0.15, 0.2) is 30.3 Å². The number of carbonyl (C=O) groups is 2. The zero-order chi connectivity index (χ0) is 11.4. The number of hydrogen-bond acceptors (Lipinski definition) is 2. The van der Waals surface area contributed by atoms with E-state index >= 15 is 0 Å². The highest BCUT2D eigenvalue weighted by Crippen LogP contribution is 2.20. The van der Waals surface area contributed by atoms with Crippen molar-refractivity contribution in [2.45, 2.75) is 5.92 Å². The normalized spacial score (nSPS) is 11.9. The maximum absolute atomic E-state index is 11.7. The van der Waals surface area contributed by atoms with E-state index in [0.29, 0.717) is 5.56 Å². The Morgan fingerprint density at radius 3 is 2.13 bits per heavy atom. The summed E-state index contributed by atoms with van der Waals surface area (Å²) in [5, 5.41) is -0.653. The van der Waals surface area contributed by atoms with Crippen molar-refractivity contribution in [3.63, 3.8) is 0 Å². The maximum atomic E-state index is 11.7. The van der Waals surface area contributed by atoms with Gasteiger partial charge in [-0.15, -0.1) is 0 Å². The van der Waals surface area contributed by atoms with Crippen LogP contribution in [0.25, 0.3) is 0 Å². The molecular formula is C11H12ClNO2. The van der Waals surface area contributed by atoms with Crippen LogP contribution in [-0.4, -0.2) is 30.1 Å². The maximum Gasteiger partial charge on any atom is 0.238 e. The highest BCUT2D eigenvalue weighted by molar-refractivity contribution is 6.66. The average Bonchev–Trinajstić information content (AvgIpc) is 2.18. The van der Waals surface area contributed by atoms with E-state index in [1.807, 2.05) is 6.07 Å². The van der Waals surface area contributed by atoms with Gasteiger partial charge in [0, 0.05) is 14.1 Å². The molecule has 1 aromatic rings. The van der Waals surface area contributed by atoms with Gasteiger partial charge in [0.1, 0.15) is 5.92 Å². The average molecular weight is 226 g/mol. The molecule has 0 N–H and O–H groups in total. The van der Waals surface area contributed by atoms with Crippen LogP contribution in [-0.2, 0) is 9.59 Å². The first-order valence-electron chi connectivity index (χ1n) is 4.49. The molecule has 1 aromatic carbocycles. The number of amides is 1. The number of carbonyl (C=O) groups excluding carboxylic acids is 2. The quantitative estimate of drug-likeness (QED) is 0.579. The summed E-state index contributed by atoms with van der Waals surface area (Å²) in [4.78, 5) is 24.3. The Labute approximate surface area is 93.6 Å². The first-order chi connectivity index (χ1) is 7.04. The third-order valence-corrected chi connectivity index (χ3v) is 2.27. The molecule has 0 radical (unpaired) electrons. The molecule has 15 heavy (non-hydrogen) atoms. The molecule has 0 aliphatic carbocycles. The van der Waals surface area contributed by atoms with E-state index in [1.54, 1.807) is 38.4 Å². The summed E-state index contributed by atoms with van der Waals surface area (Å²) in [7, 11) is 3.19. The smallest absolute Gasteiger partial charge is 0.238 e. The summed E-state index contributed by atoms with van der Waals surface area (Å²) in [6.07, 6.45) is 0. The Kier molecular flexibility index (Phi) is 3.86. The molecule has 1 amide bonds. The molecular weight excluding hydrogens is 214 g/mol. The Hall–Kier alpha value is -1.35. The largest absolute Gasteiger partial charge is 0.348 e. The fourth-order valence-electron chi connectivity index (χ4n) is 1.27. The number of hydrogen-bond donors (Lipinski definition) is 0. The van der Waals surface area contributed by atoms with Gasteiger partial charge in [0.05, 0.1) is 0 Å². The third-order valence-electron chi connectivity index (χ3n) is 2.05. The van der Waals surface area contributed by atoms with Crippen molar-refractivity contribution in [3.8, 4) is 0 Å². The number of rotatable bonds is 3. The van der Waals surface area contributed by atoms with Crippen molar-refractivity contribution in [2.24, 2.45) is 0 Å². The van der Waals surface area contributed by atoms with E-state index in [2.05, 4.69) is 0 Å². The SMILES string of the molecule is CN(C)C(=O)C(C(=O)Cl)c1ccccc1. The molecule has 0 spiro atoms. The van der Waals surface area contributed by atoms with Crippen LogP contribution in [0.5, 0.6) is 0 Å². The van der Waals surface area contributed by atoms with Gasteiger partial charge in [-0.3, -0.25) is 9.59 Å². The van der Waals surface area contributed by atoms with Crippen molar-refractivity contribution in [1.29, 1.82) is 0 Å². The molecule has 3 nitrogen and oxygen atoms in total. The van der Waals surface area contributed by atoms with E-state index in [4.69, 9.17) is 11.6 Å². The predicted molar refractivity (Wildman–Crippen MR) is 58.7 cm³/mol. The highest BCUT2D eigenvalue weighted by Gasteiger charge is 2.27. The van der Waals surface area contributed by atoms with Crippen LogP contribution in [0.1, 0.15) is 11.5 Å². The molecule has 0 heterocycles. The van der Waals surface area contributed by atoms with E-state index in [0.717, 1.165) is 0 Å². The van der Waals surface area contributed by atoms with Gasteiger partial charge in [-0.2, -0.15) is 0 Å². The van der Waals surface area contributed by atoms with Crippen LogP contribution >= 0.6 is 11.6 Å². The lowest BCUT2D eigenvalue weighted by atomic mass is 9.99. The van der Waals surface area contributed by atoms with E-state index in [9.17, 15) is 9.59 Å². The molecule has 4 heteroatoms. The molecule has 1 rings (SSSR count). The van der Waals surface area contributed by atoms with Gasteiger partial charge < -0.3 is 4.90 Å². The minimum atomic E-state index is -0.900. The first kappa shape index (κ1) is 11.7. The van der Waals surface area contributed by atoms with Crippen molar-refractivity contribution >= 4 is 22.8 Å². The summed E-state index contributed by atoms with van der Waals surface area (Å²) >= 11 is 5.43. The lowest BCUT2D eigenvalue weighted by Crippen LogP contribution is -2.31. The minimum absolute atomic E-state index is 0.304. The monoisotopic (exact) mass is 225 g/mol. The molecule has 80 valence electrons. The second kappa shape index (κ2) is 4.94. The van der Waals surface area contributed by atoms with Crippen molar-refractivity contribution in [3.05, 3.63) is 35.9 Å². The Bertz CT molecular complexity index is 362. The Morgan fingerprint density at radius 2 is 1.73 bits per heavy atom. The topological polar surface area (TPSA) is 37.4 Å². The molecule has 0 fully saturated rings. The Balaban J connectivity index is 3.05. The van der Waals surface area contributed by atoms with Gasteiger partial charge in [-0.1, -0.05) is 30.3 Å². The van der Waals surface area contributed by atoms with Crippen LogP contribution in [0.2, 0.25) is 0 Å². The standard InChI is InChI=1S/C11H12ClNO2/c1-13(2)11(15)9(10(12)14)8-6-4-3-5-7-8/h3-7,9H,1-2H3. The molecule has 0 bridgehead atoms. The zero-order valence-electron chi connectivity index (χ0n) is 8.61. The van der Waals surface area contributed by atoms with Gasteiger partial charge in [-0.25, -0.2) is 0 Å². The molecule has 0 saturated carbocycles. The zero-order valence-corrected chi connectivity index (χ0v) is 9.36. The lowest BCUT2D eigenvalue weighted by molar-refractivity contribution is -0.133. The van der Waals surface area contributed by atoms with Crippen molar-refractivity contribution in [2.75, 3.05) is 14.1 Å². The minimum Gasteiger partial charge on any atom is -0.348 e. The molecule has 0 saturated heterocycles. The van der Waals surface area contributed by atoms with Gasteiger partial charge >= 0.3 is 0 Å². The predicted octanol–water partition coefficient (Wildman–Crippen LogP) is 1.62. The third kappa shape index (κ3) is 2.80. The van der Waals surface area contributed by atoms with Crippen molar-refractivity contribution < 1.29 is 9.59 Å². The van der Waals surface area contributed by atoms with Gasteiger partial charge in [0.25, 0.3) is 0 Å². The molecule has 1 atom stereocenters. The number of benzene rings is 1. The van der Waals surface area contributed by atoms with Crippen LogP contribution in [0.3, 0.4) is 0 Å². The summed E-state index contributed by atoms with van der Waals surface area (Å²) in [5.41, 5.74) is 0.621. The summed E-state index contributed by atoms with van der Waals surface area (Å²) in [6.45, 7) is 0. The lowest BCUT2D eigenvalue weighted by Gasteiger charge is -2.17.